The maximum Gasteiger partial charge on any atom is 0.272 e. The summed E-state index contributed by atoms with van der Waals surface area (Å²) < 4.78 is 0. The van der Waals surface area contributed by atoms with Gasteiger partial charge in [0.1, 0.15) is 18.0 Å². The predicted molar refractivity (Wildman–Crippen MR) is 68.1 cm³/mol. The Balaban J connectivity index is 2.11. The van der Waals surface area contributed by atoms with Gasteiger partial charge in [-0.15, -0.1) is 0 Å². The number of hydrogen-bond donors (Lipinski definition) is 3. The van der Waals surface area contributed by atoms with Crippen LogP contribution in [0, 0.1) is 0 Å². The van der Waals surface area contributed by atoms with Gasteiger partial charge < -0.3 is 11.1 Å². The van der Waals surface area contributed by atoms with Crippen LogP contribution >= 0.6 is 0 Å². The molecular weight excluding hydrogens is 246 g/mol. The first-order chi connectivity index (χ1) is 9.08. The summed E-state index contributed by atoms with van der Waals surface area (Å²) in [5, 5.41) is 9.00. The number of anilines is 1. The minimum Gasteiger partial charge on any atom is -0.396 e. The molecule has 2 aromatic heterocycles. The van der Waals surface area contributed by atoms with Gasteiger partial charge in [-0.2, -0.15) is 5.10 Å². The molecule has 100 valence electrons. The van der Waals surface area contributed by atoms with Crippen LogP contribution in [0.1, 0.15) is 41.9 Å². The van der Waals surface area contributed by atoms with Crippen LogP contribution in [0.3, 0.4) is 0 Å². The molecule has 0 saturated heterocycles. The average Bonchev–Trinajstić information content (AvgIpc) is 2.89. The highest BCUT2D eigenvalue weighted by atomic mass is 16.1. The van der Waals surface area contributed by atoms with Gasteiger partial charge in [-0.25, -0.2) is 15.0 Å². The van der Waals surface area contributed by atoms with Crippen LogP contribution in [0.25, 0.3) is 0 Å². The van der Waals surface area contributed by atoms with Crippen molar-refractivity contribution in [2.45, 2.75) is 26.3 Å². The van der Waals surface area contributed by atoms with Gasteiger partial charge in [0.05, 0.1) is 18.4 Å². The molecule has 0 aliphatic heterocycles. The van der Waals surface area contributed by atoms with E-state index in [0.29, 0.717) is 11.6 Å². The number of aromatic nitrogens is 5. The third kappa shape index (κ3) is 3.03. The molecule has 1 amide bonds. The number of amides is 1. The van der Waals surface area contributed by atoms with Gasteiger partial charge in [-0.3, -0.25) is 9.89 Å². The lowest BCUT2D eigenvalue weighted by Crippen LogP contribution is -2.26. The number of carbonyl (C=O) groups is 1. The quantitative estimate of drug-likeness (QED) is 0.724. The first kappa shape index (κ1) is 12.9. The van der Waals surface area contributed by atoms with Crippen molar-refractivity contribution in [3.8, 4) is 0 Å². The number of nitrogens with one attached hydrogen (secondary N) is 2. The molecule has 4 N–H and O–H groups in total. The third-order valence-electron chi connectivity index (χ3n) is 2.45. The van der Waals surface area contributed by atoms with Gasteiger partial charge in [-0.1, -0.05) is 13.8 Å². The zero-order valence-electron chi connectivity index (χ0n) is 10.7. The highest BCUT2D eigenvalue weighted by Gasteiger charge is 2.14. The lowest BCUT2D eigenvalue weighted by atomic mass is 10.2. The van der Waals surface area contributed by atoms with E-state index in [0.717, 1.165) is 0 Å². The van der Waals surface area contributed by atoms with E-state index in [1.165, 1.54) is 12.5 Å². The maximum atomic E-state index is 12.0. The summed E-state index contributed by atoms with van der Waals surface area (Å²) >= 11 is 0. The molecule has 2 aromatic rings. The van der Waals surface area contributed by atoms with Crippen molar-refractivity contribution >= 4 is 11.6 Å². The molecule has 0 radical (unpaired) electrons. The van der Waals surface area contributed by atoms with Gasteiger partial charge in [0, 0.05) is 5.92 Å². The second-order valence-corrected chi connectivity index (χ2v) is 4.30. The molecule has 0 unspecified atom stereocenters. The number of hydrogen-bond acceptors (Lipinski definition) is 6. The summed E-state index contributed by atoms with van der Waals surface area (Å²) in [6, 6.07) is 0. The molecule has 8 heteroatoms. The Labute approximate surface area is 109 Å². The zero-order valence-corrected chi connectivity index (χ0v) is 10.7. The Kier molecular flexibility index (Phi) is 3.69. The Morgan fingerprint density at radius 3 is 2.89 bits per heavy atom. The first-order valence-electron chi connectivity index (χ1n) is 5.82. The van der Waals surface area contributed by atoms with Crippen LogP contribution < -0.4 is 11.1 Å². The van der Waals surface area contributed by atoms with Crippen molar-refractivity contribution < 1.29 is 4.79 Å². The van der Waals surface area contributed by atoms with Gasteiger partial charge >= 0.3 is 0 Å². The second kappa shape index (κ2) is 5.42. The number of nitrogen functional groups attached to an aromatic ring is 1. The van der Waals surface area contributed by atoms with E-state index in [9.17, 15) is 4.79 Å². The van der Waals surface area contributed by atoms with Gasteiger partial charge in [0.15, 0.2) is 5.69 Å². The summed E-state index contributed by atoms with van der Waals surface area (Å²) in [4.78, 5) is 24.2. The second-order valence-electron chi connectivity index (χ2n) is 4.30. The molecule has 0 atom stereocenters. The molecule has 0 fully saturated rings. The number of nitrogens with two attached hydrogens (primary N) is 1. The highest BCUT2D eigenvalue weighted by Crippen LogP contribution is 2.13. The molecule has 0 aliphatic rings. The van der Waals surface area contributed by atoms with Gasteiger partial charge in [0.25, 0.3) is 5.91 Å². The molecule has 8 nitrogen and oxygen atoms in total. The molecule has 0 bridgehead atoms. The van der Waals surface area contributed by atoms with E-state index in [1.807, 2.05) is 13.8 Å². The number of rotatable bonds is 4. The van der Waals surface area contributed by atoms with Crippen molar-refractivity contribution in [2.24, 2.45) is 0 Å². The Hall–Kier alpha value is -2.51. The van der Waals surface area contributed by atoms with Crippen LogP contribution in [0.5, 0.6) is 0 Å². The minimum absolute atomic E-state index is 0.126. The van der Waals surface area contributed by atoms with E-state index in [2.05, 4.69) is 30.5 Å². The zero-order chi connectivity index (χ0) is 13.8. The van der Waals surface area contributed by atoms with E-state index in [4.69, 9.17) is 5.73 Å². The first-order valence-corrected chi connectivity index (χ1v) is 5.82. The Morgan fingerprint density at radius 2 is 2.26 bits per heavy atom. The van der Waals surface area contributed by atoms with Crippen LogP contribution in [0.4, 0.5) is 5.69 Å². The van der Waals surface area contributed by atoms with Crippen molar-refractivity contribution in [2.75, 3.05) is 5.73 Å². The molecule has 0 aromatic carbocycles. The minimum atomic E-state index is -0.363. The highest BCUT2D eigenvalue weighted by molar-refractivity contribution is 5.96. The maximum absolute atomic E-state index is 12.0. The van der Waals surface area contributed by atoms with E-state index in [1.54, 1.807) is 0 Å². The summed E-state index contributed by atoms with van der Waals surface area (Å²) in [7, 11) is 0. The summed E-state index contributed by atoms with van der Waals surface area (Å²) in [5.74, 6) is 0.906. The van der Waals surface area contributed by atoms with Crippen LogP contribution in [0.15, 0.2) is 12.5 Å². The van der Waals surface area contributed by atoms with Crippen molar-refractivity contribution in [3.05, 3.63) is 29.9 Å². The molecule has 2 heterocycles. The van der Waals surface area contributed by atoms with Gasteiger partial charge in [0.2, 0.25) is 0 Å². The molecule has 0 saturated carbocycles. The molecule has 19 heavy (non-hydrogen) atoms. The van der Waals surface area contributed by atoms with Crippen molar-refractivity contribution in [1.29, 1.82) is 0 Å². The summed E-state index contributed by atoms with van der Waals surface area (Å²) in [5.41, 5.74) is 6.15. The van der Waals surface area contributed by atoms with Crippen LogP contribution in [0.2, 0.25) is 0 Å². The Bertz CT molecular complexity index is 564. The van der Waals surface area contributed by atoms with Crippen LogP contribution in [-0.4, -0.2) is 31.1 Å². The van der Waals surface area contributed by atoms with Gasteiger partial charge in [-0.05, 0) is 0 Å². The lowest BCUT2D eigenvalue weighted by molar-refractivity contribution is 0.0945. The smallest absolute Gasteiger partial charge is 0.272 e. The van der Waals surface area contributed by atoms with E-state index < -0.39 is 0 Å². The van der Waals surface area contributed by atoms with E-state index in [-0.39, 0.29) is 29.8 Å². The number of nitrogens with zero attached hydrogens (tertiary/aromatic N) is 4. The fourth-order valence-corrected chi connectivity index (χ4v) is 1.43. The molecule has 2 rings (SSSR count). The summed E-state index contributed by atoms with van der Waals surface area (Å²) in [6.07, 6.45) is 2.82. The number of carbonyl (C=O) groups excluding carboxylic acids is 1. The topological polar surface area (TPSA) is 122 Å². The van der Waals surface area contributed by atoms with Crippen molar-refractivity contribution in [3.63, 3.8) is 0 Å². The fourth-order valence-electron chi connectivity index (χ4n) is 1.43. The van der Waals surface area contributed by atoms with Crippen molar-refractivity contribution in [1.82, 2.24) is 30.5 Å². The summed E-state index contributed by atoms with van der Waals surface area (Å²) in [6.45, 7) is 4.13. The lowest BCUT2D eigenvalue weighted by Gasteiger charge is -2.08. The molecule has 0 aliphatic carbocycles. The Morgan fingerprint density at radius 1 is 1.47 bits per heavy atom. The normalized spacial score (nSPS) is 10.7. The predicted octanol–water partition coefficient (Wildman–Crippen LogP) is 0.230. The molecule has 0 spiro atoms. The SMILES string of the molecule is CC(C)c1ncc(N)c(C(=O)NCc2ncn[nH]2)n1. The van der Waals surface area contributed by atoms with Crippen LogP contribution in [-0.2, 0) is 6.54 Å². The molecular formula is C11H15N7O. The fraction of sp³-hybridized carbons (Fsp3) is 0.364. The standard InChI is InChI=1S/C11H15N7O/c1-6(2)10-13-3-7(12)9(17-10)11(19)14-4-8-15-5-16-18-8/h3,5-6H,4,12H2,1-2H3,(H,14,19)(H,15,16,18). The average molecular weight is 261 g/mol. The monoisotopic (exact) mass is 261 g/mol. The largest absolute Gasteiger partial charge is 0.396 e. The number of aromatic amines is 1. The number of H-pyrrole nitrogens is 1. The van der Waals surface area contributed by atoms with E-state index >= 15 is 0 Å². The third-order valence-corrected chi connectivity index (χ3v) is 2.45.